The topological polar surface area (TPSA) is 153 Å². The number of nitrogen functional groups attached to an aromatic ring is 1. The summed E-state index contributed by atoms with van der Waals surface area (Å²) in [4.78, 5) is 48.1. The van der Waals surface area contributed by atoms with E-state index in [4.69, 9.17) is 10.6 Å². The normalized spacial score (nSPS) is 15.7. The number of hydrogen-bond donors (Lipinski definition) is 3. The van der Waals surface area contributed by atoms with Crippen molar-refractivity contribution in [1.82, 2.24) is 19.5 Å². The van der Waals surface area contributed by atoms with Gasteiger partial charge in [0, 0.05) is 27.4 Å². The third kappa shape index (κ3) is 6.06. The van der Waals surface area contributed by atoms with Gasteiger partial charge in [0.2, 0.25) is 0 Å². The summed E-state index contributed by atoms with van der Waals surface area (Å²) in [5.74, 6) is 5.33. The minimum absolute atomic E-state index is 0.149. The second-order valence-corrected chi connectivity index (χ2v) is 11.2. The number of carboxylic acid groups (broad SMARTS) is 1. The van der Waals surface area contributed by atoms with Crippen molar-refractivity contribution in [2.75, 3.05) is 17.7 Å². The Morgan fingerprint density at radius 2 is 1.87 bits per heavy atom. The van der Waals surface area contributed by atoms with Gasteiger partial charge in [-0.2, -0.15) is 0 Å². The third-order valence-electron chi connectivity index (χ3n) is 5.95. The molecule has 200 valence electrons. The zero-order valence-electron chi connectivity index (χ0n) is 21.3. The molecule has 1 saturated heterocycles. The Hall–Kier alpha value is -3.68. The van der Waals surface area contributed by atoms with Crippen molar-refractivity contribution >= 4 is 46.4 Å². The molecule has 4 N–H and O–H groups in total. The Morgan fingerprint density at radius 3 is 2.50 bits per heavy atom. The molecular weight excluding hydrogens is 603 g/mol. The average molecular weight is 632 g/mol. The fraction of sp³-hybridized carbons (Fsp3) is 0.346. The van der Waals surface area contributed by atoms with Gasteiger partial charge in [-0.15, -0.1) is 0 Å². The quantitative estimate of drug-likeness (QED) is 0.271. The molecule has 1 aliphatic rings. The van der Waals surface area contributed by atoms with Gasteiger partial charge >= 0.3 is 12.1 Å². The average Bonchev–Trinajstić information content (AvgIpc) is 3.20. The summed E-state index contributed by atoms with van der Waals surface area (Å²) in [6.07, 6.45) is 3.29. The molecule has 38 heavy (non-hydrogen) atoms. The van der Waals surface area contributed by atoms with Crippen molar-refractivity contribution in [3.63, 3.8) is 0 Å². The molecule has 0 unspecified atom stereocenters. The minimum atomic E-state index is -1.26. The lowest BCUT2D eigenvalue weighted by molar-refractivity contribution is 0.00821. The van der Waals surface area contributed by atoms with E-state index in [1.165, 1.54) is 0 Å². The number of aromatic nitrogens is 3. The number of hydrogen-bond acceptors (Lipinski definition) is 7. The van der Waals surface area contributed by atoms with Gasteiger partial charge in [0.25, 0.3) is 5.91 Å². The van der Waals surface area contributed by atoms with Gasteiger partial charge in [-0.1, -0.05) is 12.1 Å². The number of nitrogens with zero attached hydrogens (tertiary/aromatic N) is 4. The van der Waals surface area contributed by atoms with Crippen LogP contribution in [0.2, 0.25) is 0 Å². The number of piperidine rings is 1. The number of anilines is 1. The third-order valence-corrected chi connectivity index (χ3v) is 6.62. The fourth-order valence-corrected chi connectivity index (χ4v) is 4.73. The van der Waals surface area contributed by atoms with E-state index in [1.54, 1.807) is 62.2 Å². The van der Waals surface area contributed by atoms with Crippen LogP contribution in [0.1, 0.15) is 72.7 Å². The van der Waals surface area contributed by atoms with Gasteiger partial charge in [0.1, 0.15) is 17.1 Å². The van der Waals surface area contributed by atoms with Gasteiger partial charge in [0.15, 0.2) is 11.5 Å². The molecule has 12 heteroatoms. The molecule has 2 amide bonds. The number of carboxylic acids is 1. The minimum Gasteiger partial charge on any atom is -0.476 e. The van der Waals surface area contributed by atoms with Crippen LogP contribution in [0.3, 0.4) is 0 Å². The summed E-state index contributed by atoms with van der Waals surface area (Å²) in [5.41, 5.74) is 0.0851. The van der Waals surface area contributed by atoms with Crippen LogP contribution in [-0.2, 0) is 4.74 Å². The van der Waals surface area contributed by atoms with Crippen LogP contribution in [0.5, 0.6) is 0 Å². The number of benzene rings is 1. The van der Waals surface area contributed by atoms with Gasteiger partial charge in [0.05, 0.1) is 6.04 Å². The molecule has 1 aromatic carbocycles. The molecule has 2 aromatic heterocycles. The zero-order valence-corrected chi connectivity index (χ0v) is 23.4. The van der Waals surface area contributed by atoms with Gasteiger partial charge in [-0.3, -0.25) is 9.69 Å². The van der Waals surface area contributed by atoms with E-state index in [-0.39, 0.29) is 23.1 Å². The first-order valence-electron chi connectivity index (χ1n) is 12.1. The highest BCUT2D eigenvalue weighted by Gasteiger charge is 2.36. The molecule has 0 aliphatic carbocycles. The van der Waals surface area contributed by atoms with Crippen molar-refractivity contribution in [1.29, 1.82) is 0 Å². The summed E-state index contributed by atoms with van der Waals surface area (Å²) in [5, 5.41) is 12.7. The molecule has 4 rings (SSSR count). The van der Waals surface area contributed by atoms with Crippen LogP contribution in [0.25, 0.3) is 11.3 Å². The Kier molecular flexibility index (Phi) is 7.90. The predicted octanol–water partition coefficient (Wildman–Crippen LogP) is 4.68. The van der Waals surface area contributed by atoms with Crippen molar-refractivity contribution in [2.45, 2.75) is 51.7 Å². The molecule has 1 aliphatic heterocycles. The lowest BCUT2D eigenvalue weighted by Gasteiger charge is -2.36. The van der Waals surface area contributed by atoms with Crippen LogP contribution < -0.4 is 11.2 Å². The van der Waals surface area contributed by atoms with E-state index in [9.17, 15) is 19.5 Å². The molecule has 1 fully saturated rings. The Morgan fingerprint density at radius 1 is 1.16 bits per heavy atom. The van der Waals surface area contributed by atoms with Gasteiger partial charge in [-0.25, -0.2) is 24.2 Å². The summed E-state index contributed by atoms with van der Waals surface area (Å²) in [6, 6.07) is 9.40. The highest BCUT2D eigenvalue weighted by Crippen LogP contribution is 2.34. The highest BCUT2D eigenvalue weighted by atomic mass is 127. The molecule has 3 aromatic rings. The van der Waals surface area contributed by atoms with Gasteiger partial charge < -0.3 is 21.0 Å². The van der Waals surface area contributed by atoms with E-state index in [2.05, 4.69) is 37.9 Å². The summed E-state index contributed by atoms with van der Waals surface area (Å²) < 4.78 is 7.54. The molecule has 0 bridgehead atoms. The number of carbonyl (C=O) groups excluding carboxylic acids is 2. The number of halogens is 1. The zero-order chi connectivity index (χ0) is 27.6. The summed E-state index contributed by atoms with van der Waals surface area (Å²) in [7, 11) is 0. The number of rotatable bonds is 5. The second kappa shape index (κ2) is 11.0. The number of aromatic carboxylic acids is 1. The highest BCUT2D eigenvalue weighted by molar-refractivity contribution is 14.1. The maximum Gasteiger partial charge on any atom is 0.410 e. The lowest BCUT2D eigenvalue weighted by Crippen LogP contribution is -2.43. The van der Waals surface area contributed by atoms with Crippen molar-refractivity contribution in [2.24, 2.45) is 0 Å². The number of ether oxygens (including phenoxy) is 1. The van der Waals surface area contributed by atoms with Crippen LogP contribution >= 0.6 is 22.6 Å². The van der Waals surface area contributed by atoms with Crippen molar-refractivity contribution in [3.8, 4) is 11.3 Å². The summed E-state index contributed by atoms with van der Waals surface area (Å²) in [6.45, 7) is 5.81. The SMILES string of the molecule is CC(C)(C)OC(=O)N1CCCC[C@H]1c1nc(-c2ccc(C(=O)Nc3cc(I)ccn3)cc2)c(C(=O)O)n1N. The number of likely N-dealkylation sites (tertiary alicyclic amines) is 1. The van der Waals surface area contributed by atoms with E-state index in [0.717, 1.165) is 21.1 Å². The predicted molar refractivity (Wildman–Crippen MR) is 149 cm³/mol. The van der Waals surface area contributed by atoms with Crippen LogP contribution in [-0.4, -0.2) is 54.8 Å². The maximum absolute atomic E-state index is 12.9. The number of nitrogens with one attached hydrogen (secondary N) is 1. The van der Waals surface area contributed by atoms with Crippen LogP contribution in [0.15, 0.2) is 42.6 Å². The van der Waals surface area contributed by atoms with Crippen LogP contribution in [0.4, 0.5) is 10.6 Å². The Bertz CT molecular complexity index is 1370. The number of nitrogens with two attached hydrogens (primary N) is 1. The first-order chi connectivity index (χ1) is 17.9. The fourth-order valence-electron chi connectivity index (χ4n) is 4.27. The standard InChI is InChI=1S/C26H29IN6O5/c1-26(2,3)38-25(37)32-13-5-4-6-18(32)22-31-20(21(24(35)36)33(22)28)15-7-9-16(10-8-15)23(34)30-19-14-17(27)11-12-29-19/h7-12,14,18H,4-6,13,28H2,1-3H3,(H,35,36)(H,29,30,34)/t18-/m0/s1. The number of imidazole rings is 1. The Labute approximate surface area is 233 Å². The number of amides is 2. The number of pyridine rings is 1. The molecule has 0 spiro atoms. The second-order valence-electron chi connectivity index (χ2n) is 9.92. The molecule has 0 saturated carbocycles. The van der Waals surface area contributed by atoms with Crippen molar-refractivity contribution in [3.05, 3.63) is 63.2 Å². The first-order valence-corrected chi connectivity index (χ1v) is 13.2. The molecule has 3 heterocycles. The Balaban J connectivity index is 1.64. The van der Waals surface area contributed by atoms with E-state index in [0.29, 0.717) is 29.9 Å². The first kappa shape index (κ1) is 27.4. The molecule has 0 radical (unpaired) electrons. The molecule has 11 nitrogen and oxygen atoms in total. The maximum atomic E-state index is 12.9. The number of carbonyl (C=O) groups is 3. The largest absolute Gasteiger partial charge is 0.476 e. The van der Waals surface area contributed by atoms with Crippen molar-refractivity contribution < 1.29 is 24.2 Å². The van der Waals surface area contributed by atoms with E-state index < -0.39 is 23.7 Å². The van der Waals surface area contributed by atoms with Gasteiger partial charge in [-0.05, 0) is 86.9 Å². The van der Waals surface area contributed by atoms with E-state index >= 15 is 0 Å². The monoisotopic (exact) mass is 632 g/mol. The van der Waals surface area contributed by atoms with Crippen LogP contribution in [0, 0.1) is 3.57 Å². The molecular formula is C26H29IN6O5. The summed E-state index contributed by atoms with van der Waals surface area (Å²) >= 11 is 2.13. The van der Waals surface area contributed by atoms with E-state index in [1.807, 2.05) is 6.07 Å². The smallest absolute Gasteiger partial charge is 0.410 e. The molecule has 1 atom stereocenters. The lowest BCUT2D eigenvalue weighted by atomic mass is 10.0.